The second-order valence-electron chi connectivity index (χ2n) is 7.35. The van der Waals surface area contributed by atoms with Gasteiger partial charge in [-0.05, 0) is 42.2 Å². The Kier molecular flexibility index (Phi) is 5.58. The van der Waals surface area contributed by atoms with E-state index in [-0.39, 0.29) is 6.04 Å². The first-order valence-corrected chi connectivity index (χ1v) is 9.69. The normalized spacial score (nSPS) is 17.1. The van der Waals surface area contributed by atoms with Gasteiger partial charge in [-0.1, -0.05) is 30.3 Å². The van der Waals surface area contributed by atoms with Gasteiger partial charge in [-0.15, -0.1) is 0 Å². The summed E-state index contributed by atoms with van der Waals surface area (Å²) < 4.78 is 39.6. The average Bonchev–Trinajstić information content (AvgIpc) is 3.16. The van der Waals surface area contributed by atoms with Crippen molar-refractivity contribution in [2.75, 3.05) is 11.4 Å². The highest BCUT2D eigenvalue weighted by atomic mass is 19.4. The van der Waals surface area contributed by atoms with Gasteiger partial charge in [0.1, 0.15) is 0 Å². The molecular formula is C22H23F3N4. The van der Waals surface area contributed by atoms with Gasteiger partial charge in [0.2, 0.25) is 0 Å². The third-order valence-electron chi connectivity index (χ3n) is 5.36. The van der Waals surface area contributed by atoms with E-state index in [0.717, 1.165) is 24.2 Å². The van der Waals surface area contributed by atoms with Crippen LogP contribution in [0.1, 0.15) is 28.8 Å². The van der Waals surface area contributed by atoms with Crippen LogP contribution in [0.5, 0.6) is 0 Å². The van der Waals surface area contributed by atoms with E-state index in [1.54, 1.807) is 18.6 Å². The van der Waals surface area contributed by atoms with E-state index in [1.165, 1.54) is 17.7 Å². The highest BCUT2D eigenvalue weighted by Gasteiger charge is 2.32. The van der Waals surface area contributed by atoms with Crippen LogP contribution >= 0.6 is 0 Å². The topological polar surface area (TPSA) is 44.0 Å². The molecule has 0 aliphatic carbocycles. The predicted octanol–water partition coefficient (Wildman–Crippen LogP) is 4.54. The summed E-state index contributed by atoms with van der Waals surface area (Å²) in [5.41, 5.74) is 3.09. The van der Waals surface area contributed by atoms with Crippen molar-refractivity contribution >= 4 is 5.69 Å². The second kappa shape index (κ2) is 8.29. The predicted molar refractivity (Wildman–Crippen MR) is 106 cm³/mol. The minimum Gasteiger partial charge on any atom is -0.361 e. The van der Waals surface area contributed by atoms with Gasteiger partial charge in [0.15, 0.2) is 0 Å². The Morgan fingerprint density at radius 2 is 1.93 bits per heavy atom. The number of imidazole rings is 1. The van der Waals surface area contributed by atoms with Gasteiger partial charge in [0.05, 0.1) is 24.1 Å². The molecule has 29 heavy (non-hydrogen) atoms. The Labute approximate surface area is 167 Å². The Hall–Kier alpha value is -2.80. The maximum Gasteiger partial charge on any atom is 0.416 e. The van der Waals surface area contributed by atoms with Crippen molar-refractivity contribution in [2.45, 2.75) is 38.1 Å². The molecule has 4 nitrogen and oxygen atoms in total. The summed E-state index contributed by atoms with van der Waals surface area (Å²) in [7, 11) is 0. The van der Waals surface area contributed by atoms with Crippen molar-refractivity contribution in [3.8, 4) is 0 Å². The molecule has 2 aromatic carbocycles. The summed E-state index contributed by atoms with van der Waals surface area (Å²) in [6.07, 6.45) is 0.838. The Morgan fingerprint density at radius 1 is 1.10 bits per heavy atom. The smallest absolute Gasteiger partial charge is 0.361 e. The summed E-state index contributed by atoms with van der Waals surface area (Å²) in [5, 5.41) is 3.34. The van der Waals surface area contributed by atoms with Crippen molar-refractivity contribution in [1.82, 2.24) is 15.3 Å². The highest BCUT2D eigenvalue weighted by Crippen LogP contribution is 2.35. The minimum atomic E-state index is -4.34. The van der Waals surface area contributed by atoms with Crippen LogP contribution in [0.4, 0.5) is 18.9 Å². The molecule has 7 heteroatoms. The number of hydrogen-bond donors (Lipinski definition) is 2. The summed E-state index contributed by atoms with van der Waals surface area (Å²) in [5.74, 6) is 0. The van der Waals surface area contributed by atoms with Crippen LogP contribution in [0.25, 0.3) is 0 Å². The van der Waals surface area contributed by atoms with E-state index in [2.05, 4.69) is 32.3 Å². The number of rotatable bonds is 5. The van der Waals surface area contributed by atoms with Crippen molar-refractivity contribution in [3.05, 3.63) is 83.4 Å². The monoisotopic (exact) mass is 400 g/mol. The first kappa shape index (κ1) is 19.5. The third-order valence-corrected chi connectivity index (χ3v) is 5.36. The lowest BCUT2D eigenvalue weighted by atomic mass is 10.0. The molecule has 1 aliphatic rings. The first-order chi connectivity index (χ1) is 14.0. The summed E-state index contributed by atoms with van der Waals surface area (Å²) in [6, 6.07) is 14.5. The zero-order chi connectivity index (χ0) is 20.3. The number of nitrogens with zero attached hydrogens (tertiary/aromatic N) is 2. The van der Waals surface area contributed by atoms with Crippen molar-refractivity contribution < 1.29 is 13.2 Å². The summed E-state index contributed by atoms with van der Waals surface area (Å²) in [6.45, 7) is 1.69. The lowest BCUT2D eigenvalue weighted by Crippen LogP contribution is -2.40. The molecule has 0 saturated carbocycles. The van der Waals surface area contributed by atoms with Crippen LogP contribution in [0.3, 0.4) is 0 Å². The standard InChI is InChI=1S/C22H23F3N4/c23-22(24,25)18-7-9-21-17(10-18)11-26-13-20(8-6-16-4-2-1-3-5-16)29(21)14-19-12-27-15-28-19/h1-5,7,9-10,12,15,20,26H,6,8,11,13-14H2,(H,27,28). The molecule has 0 spiro atoms. The molecule has 0 fully saturated rings. The van der Waals surface area contributed by atoms with Crippen LogP contribution in [0.2, 0.25) is 0 Å². The van der Waals surface area contributed by atoms with Gasteiger partial charge in [-0.2, -0.15) is 13.2 Å². The molecule has 0 radical (unpaired) electrons. The minimum absolute atomic E-state index is 0.150. The van der Waals surface area contributed by atoms with E-state index in [4.69, 9.17) is 0 Å². The SMILES string of the molecule is FC(F)(F)c1ccc2c(c1)CNCC(CCc1ccccc1)N2Cc1cnc[nH]1. The van der Waals surface area contributed by atoms with Gasteiger partial charge in [-0.25, -0.2) is 4.98 Å². The van der Waals surface area contributed by atoms with Crippen molar-refractivity contribution in [2.24, 2.45) is 0 Å². The zero-order valence-corrected chi connectivity index (χ0v) is 15.9. The molecule has 1 aliphatic heterocycles. The van der Waals surface area contributed by atoms with Gasteiger partial charge < -0.3 is 15.2 Å². The lowest BCUT2D eigenvalue weighted by Gasteiger charge is -2.33. The van der Waals surface area contributed by atoms with Crippen LogP contribution in [0.15, 0.2) is 61.1 Å². The quantitative estimate of drug-likeness (QED) is 0.661. The molecule has 152 valence electrons. The van der Waals surface area contributed by atoms with Gasteiger partial charge in [0.25, 0.3) is 0 Å². The number of H-pyrrole nitrogens is 1. The van der Waals surface area contributed by atoms with E-state index >= 15 is 0 Å². The first-order valence-electron chi connectivity index (χ1n) is 9.69. The van der Waals surface area contributed by atoms with Crippen molar-refractivity contribution in [1.29, 1.82) is 0 Å². The Morgan fingerprint density at radius 3 is 2.66 bits per heavy atom. The fourth-order valence-corrected chi connectivity index (χ4v) is 3.87. The molecule has 0 bridgehead atoms. The number of benzene rings is 2. The van der Waals surface area contributed by atoms with Gasteiger partial charge in [-0.3, -0.25) is 0 Å². The number of aromatic amines is 1. The Bertz CT molecular complexity index is 923. The Balaban J connectivity index is 1.64. The van der Waals surface area contributed by atoms with Crippen LogP contribution in [-0.2, 0) is 25.7 Å². The average molecular weight is 400 g/mol. The van der Waals surface area contributed by atoms with Gasteiger partial charge in [0, 0.05) is 31.0 Å². The summed E-state index contributed by atoms with van der Waals surface area (Å²) >= 11 is 0. The number of fused-ring (bicyclic) bond motifs is 1. The van der Waals surface area contributed by atoms with E-state index < -0.39 is 11.7 Å². The van der Waals surface area contributed by atoms with Gasteiger partial charge >= 0.3 is 6.18 Å². The zero-order valence-electron chi connectivity index (χ0n) is 15.9. The number of hydrogen-bond acceptors (Lipinski definition) is 3. The fourth-order valence-electron chi connectivity index (χ4n) is 3.87. The molecule has 1 aromatic heterocycles. The van der Waals surface area contributed by atoms with E-state index in [9.17, 15) is 13.2 Å². The molecular weight excluding hydrogens is 377 g/mol. The molecule has 3 aromatic rings. The van der Waals surface area contributed by atoms with Crippen LogP contribution < -0.4 is 10.2 Å². The second-order valence-corrected chi connectivity index (χ2v) is 7.35. The maximum absolute atomic E-state index is 13.2. The lowest BCUT2D eigenvalue weighted by molar-refractivity contribution is -0.137. The number of nitrogens with one attached hydrogen (secondary N) is 2. The fraction of sp³-hybridized carbons (Fsp3) is 0.318. The molecule has 0 amide bonds. The van der Waals surface area contributed by atoms with Crippen LogP contribution in [0, 0.1) is 0 Å². The number of anilines is 1. The molecule has 2 N–H and O–H groups in total. The van der Waals surface area contributed by atoms with E-state index in [0.29, 0.717) is 25.2 Å². The highest BCUT2D eigenvalue weighted by molar-refractivity contribution is 5.57. The third kappa shape index (κ3) is 4.62. The van der Waals surface area contributed by atoms with Crippen LogP contribution in [-0.4, -0.2) is 22.6 Å². The number of alkyl halides is 3. The molecule has 1 unspecified atom stereocenters. The maximum atomic E-state index is 13.2. The number of halogens is 3. The largest absolute Gasteiger partial charge is 0.416 e. The molecule has 1 atom stereocenters. The molecule has 2 heterocycles. The number of aromatic nitrogens is 2. The number of aryl methyl sites for hydroxylation is 1. The summed E-state index contributed by atoms with van der Waals surface area (Å²) in [4.78, 5) is 9.40. The van der Waals surface area contributed by atoms with E-state index in [1.807, 2.05) is 18.2 Å². The molecule has 0 saturated heterocycles. The van der Waals surface area contributed by atoms with Crippen molar-refractivity contribution in [3.63, 3.8) is 0 Å². The molecule has 4 rings (SSSR count).